The van der Waals surface area contributed by atoms with Crippen LogP contribution in [0.3, 0.4) is 0 Å². The summed E-state index contributed by atoms with van der Waals surface area (Å²) in [4.78, 5) is 0. The molecule has 2 fully saturated rings. The maximum absolute atomic E-state index is 10.4. The van der Waals surface area contributed by atoms with Crippen LogP contribution >= 0.6 is 11.6 Å². The highest BCUT2D eigenvalue weighted by atomic mass is 35.5. The normalized spacial score (nSPS) is 41.3. The minimum atomic E-state index is -0.117. The van der Waals surface area contributed by atoms with Gasteiger partial charge >= 0.3 is 0 Å². The van der Waals surface area contributed by atoms with E-state index in [1.54, 1.807) is 0 Å². The number of hydrogen-bond acceptors (Lipinski definition) is 2. The Hall–Kier alpha value is -0.730. The summed E-state index contributed by atoms with van der Waals surface area (Å²) in [5.41, 5.74) is 2.76. The van der Waals surface area contributed by atoms with Crippen molar-refractivity contribution >= 4 is 11.6 Å². The number of hydrogen-bond donors (Lipinski definition) is 2. The van der Waals surface area contributed by atoms with Crippen molar-refractivity contribution < 1.29 is 10.2 Å². The van der Waals surface area contributed by atoms with Crippen LogP contribution < -0.4 is 0 Å². The number of halogens is 1. The monoisotopic (exact) mass is 306 g/mol. The van der Waals surface area contributed by atoms with Crippen molar-refractivity contribution in [3.63, 3.8) is 0 Å². The van der Waals surface area contributed by atoms with Crippen LogP contribution in [0, 0.1) is 17.3 Å². The fourth-order valence-corrected chi connectivity index (χ4v) is 5.73. The lowest BCUT2D eigenvalue weighted by molar-refractivity contribution is -0.0226. The quantitative estimate of drug-likeness (QED) is 0.752. The Kier molecular flexibility index (Phi) is 3.07. The number of aliphatic hydroxyl groups excluding tert-OH is 1. The van der Waals surface area contributed by atoms with Crippen molar-refractivity contribution in [1.29, 1.82) is 0 Å². The van der Waals surface area contributed by atoms with E-state index in [4.69, 9.17) is 11.6 Å². The molecule has 2 N–H and O–H groups in total. The van der Waals surface area contributed by atoms with Crippen LogP contribution in [-0.4, -0.2) is 16.3 Å². The van der Waals surface area contributed by atoms with E-state index in [0.717, 1.165) is 25.7 Å². The highest BCUT2D eigenvalue weighted by molar-refractivity contribution is 6.32. The summed E-state index contributed by atoms with van der Waals surface area (Å²) in [6.45, 7) is 2.30. The smallest absolute Gasteiger partial charge is 0.134 e. The SMILES string of the molecule is C[C@]12CC[C@@H]3c4cc(Cl)c(O)cc4CC[C@H]3[C@@H]1CC[C@H]2O. The van der Waals surface area contributed by atoms with Gasteiger partial charge in [0.15, 0.2) is 0 Å². The van der Waals surface area contributed by atoms with E-state index in [-0.39, 0.29) is 17.3 Å². The Morgan fingerprint density at radius 1 is 1.19 bits per heavy atom. The molecule has 4 rings (SSSR count). The molecule has 0 bridgehead atoms. The molecule has 3 heteroatoms. The fourth-order valence-electron chi connectivity index (χ4n) is 5.55. The van der Waals surface area contributed by atoms with Crippen LogP contribution in [0.15, 0.2) is 12.1 Å². The zero-order valence-corrected chi connectivity index (χ0v) is 13.2. The highest BCUT2D eigenvalue weighted by Crippen LogP contribution is 2.61. The number of phenols is 1. The minimum Gasteiger partial charge on any atom is -0.506 e. The van der Waals surface area contributed by atoms with Gasteiger partial charge < -0.3 is 10.2 Å². The van der Waals surface area contributed by atoms with E-state index < -0.39 is 0 Å². The predicted molar refractivity (Wildman–Crippen MR) is 83.7 cm³/mol. The first-order valence-electron chi connectivity index (χ1n) is 8.20. The van der Waals surface area contributed by atoms with Crippen molar-refractivity contribution in [3.05, 3.63) is 28.3 Å². The minimum absolute atomic E-state index is 0.117. The molecular weight excluding hydrogens is 284 g/mol. The van der Waals surface area contributed by atoms with Crippen LogP contribution in [-0.2, 0) is 6.42 Å². The zero-order valence-electron chi connectivity index (χ0n) is 12.5. The number of fused-ring (bicyclic) bond motifs is 5. The lowest BCUT2D eigenvalue weighted by Crippen LogP contribution is -2.43. The molecule has 0 unspecified atom stereocenters. The summed E-state index contributed by atoms with van der Waals surface area (Å²) in [7, 11) is 0. The van der Waals surface area contributed by atoms with Gasteiger partial charge in [0.2, 0.25) is 0 Å². The van der Waals surface area contributed by atoms with Crippen LogP contribution in [0.2, 0.25) is 5.02 Å². The second kappa shape index (κ2) is 4.63. The average molecular weight is 307 g/mol. The van der Waals surface area contributed by atoms with Gasteiger partial charge in [0, 0.05) is 0 Å². The molecule has 0 radical (unpaired) electrons. The van der Waals surface area contributed by atoms with Crippen molar-refractivity contribution in [2.75, 3.05) is 0 Å². The molecule has 0 aromatic heterocycles. The highest BCUT2D eigenvalue weighted by Gasteiger charge is 2.54. The summed E-state index contributed by atoms with van der Waals surface area (Å²) < 4.78 is 0. The van der Waals surface area contributed by atoms with Crippen LogP contribution in [0.1, 0.15) is 56.1 Å². The zero-order chi connectivity index (χ0) is 14.8. The van der Waals surface area contributed by atoms with E-state index in [1.165, 1.54) is 24.0 Å². The Morgan fingerprint density at radius 3 is 2.81 bits per heavy atom. The van der Waals surface area contributed by atoms with Gasteiger partial charge in [0.05, 0.1) is 11.1 Å². The summed E-state index contributed by atoms with van der Waals surface area (Å²) in [6, 6.07) is 3.86. The first-order chi connectivity index (χ1) is 10.0. The average Bonchev–Trinajstić information content (AvgIpc) is 2.76. The first-order valence-corrected chi connectivity index (χ1v) is 8.58. The lowest BCUT2D eigenvalue weighted by Gasteiger charge is -2.50. The number of aromatic hydroxyl groups is 1. The first kappa shape index (κ1) is 13.9. The molecule has 1 aromatic carbocycles. The van der Waals surface area contributed by atoms with Gasteiger partial charge in [-0.15, -0.1) is 0 Å². The summed E-state index contributed by atoms with van der Waals surface area (Å²) in [5.74, 6) is 2.10. The molecule has 0 amide bonds. The van der Waals surface area contributed by atoms with E-state index in [2.05, 4.69) is 6.92 Å². The molecule has 2 saturated carbocycles. The van der Waals surface area contributed by atoms with E-state index in [9.17, 15) is 10.2 Å². The van der Waals surface area contributed by atoms with Gasteiger partial charge in [-0.2, -0.15) is 0 Å². The molecule has 0 heterocycles. The molecule has 0 aliphatic heterocycles. The summed E-state index contributed by atoms with van der Waals surface area (Å²) in [6.07, 6.45) is 6.48. The van der Waals surface area contributed by atoms with Crippen molar-refractivity contribution in [1.82, 2.24) is 0 Å². The van der Waals surface area contributed by atoms with E-state index in [1.807, 2.05) is 12.1 Å². The Morgan fingerprint density at radius 2 is 2.00 bits per heavy atom. The largest absolute Gasteiger partial charge is 0.506 e. The maximum atomic E-state index is 10.4. The molecule has 2 nitrogen and oxygen atoms in total. The van der Waals surface area contributed by atoms with Gasteiger partial charge in [0.25, 0.3) is 0 Å². The standard InChI is InChI=1S/C18H23ClO2/c1-18-7-6-11-12(14(18)4-5-17(18)21)3-2-10-8-16(20)15(19)9-13(10)11/h8-9,11-12,14,17,20-21H,2-7H2,1H3/t11-,12+,14-,17+,18-/m0/s1. The lowest BCUT2D eigenvalue weighted by atomic mass is 9.55. The number of rotatable bonds is 0. The summed E-state index contributed by atoms with van der Waals surface area (Å²) >= 11 is 6.15. The molecule has 0 spiro atoms. The Labute approximate surface area is 131 Å². The topological polar surface area (TPSA) is 40.5 Å². The molecule has 21 heavy (non-hydrogen) atoms. The van der Waals surface area contributed by atoms with Crippen LogP contribution in [0.5, 0.6) is 5.75 Å². The number of aryl methyl sites for hydroxylation is 1. The van der Waals surface area contributed by atoms with Gasteiger partial charge in [-0.3, -0.25) is 0 Å². The molecule has 3 aliphatic rings. The molecule has 0 saturated heterocycles. The van der Waals surface area contributed by atoms with Gasteiger partial charge in [-0.05, 0) is 85.0 Å². The van der Waals surface area contributed by atoms with Crippen molar-refractivity contribution in [3.8, 4) is 5.75 Å². The van der Waals surface area contributed by atoms with Crippen LogP contribution in [0.25, 0.3) is 0 Å². The molecular formula is C18H23ClO2. The van der Waals surface area contributed by atoms with Crippen molar-refractivity contribution in [2.45, 2.75) is 57.5 Å². The fraction of sp³-hybridized carbons (Fsp3) is 0.667. The van der Waals surface area contributed by atoms with Crippen molar-refractivity contribution in [2.24, 2.45) is 17.3 Å². The van der Waals surface area contributed by atoms with Gasteiger partial charge in [-0.1, -0.05) is 18.5 Å². The Bertz CT molecular complexity index is 585. The number of benzene rings is 1. The summed E-state index contributed by atoms with van der Waals surface area (Å²) in [5, 5.41) is 20.7. The molecule has 5 atom stereocenters. The second-order valence-corrected chi connectivity index (χ2v) is 7.96. The molecule has 1 aromatic rings. The number of aliphatic hydroxyl groups is 1. The molecule has 114 valence electrons. The predicted octanol–water partition coefficient (Wildman–Crippen LogP) is 4.26. The Balaban J connectivity index is 1.73. The third kappa shape index (κ3) is 1.88. The van der Waals surface area contributed by atoms with E-state index >= 15 is 0 Å². The van der Waals surface area contributed by atoms with Gasteiger partial charge in [0.1, 0.15) is 5.75 Å². The number of phenolic OH excluding ortho intramolecular Hbond substituents is 1. The van der Waals surface area contributed by atoms with Crippen LogP contribution in [0.4, 0.5) is 0 Å². The molecule has 3 aliphatic carbocycles. The third-order valence-electron chi connectivity index (χ3n) is 6.74. The maximum Gasteiger partial charge on any atom is 0.134 e. The third-order valence-corrected chi connectivity index (χ3v) is 7.04. The van der Waals surface area contributed by atoms with E-state index in [0.29, 0.717) is 22.8 Å². The van der Waals surface area contributed by atoms with Gasteiger partial charge in [-0.25, -0.2) is 0 Å². The second-order valence-electron chi connectivity index (χ2n) is 7.56.